The molecule has 1 aliphatic carbocycles. The average Bonchev–Trinajstić information content (AvgIpc) is 3.54. The van der Waals surface area contributed by atoms with Crippen LogP contribution < -0.4 is 15.4 Å². The maximum atomic E-state index is 13.0. The molecule has 0 aliphatic heterocycles. The fraction of sp³-hybridized carbons (Fsp3) is 0.115. The number of aromatic amines is 2. The highest BCUT2D eigenvalue weighted by atomic mass is 16.5. The lowest BCUT2D eigenvalue weighted by Crippen LogP contribution is -2.28. The number of benzene rings is 1. The molecule has 2 amide bonds. The minimum atomic E-state index is -0.537. The van der Waals surface area contributed by atoms with Crippen molar-refractivity contribution in [3.8, 4) is 5.75 Å². The molecule has 0 bridgehead atoms. The van der Waals surface area contributed by atoms with Gasteiger partial charge in [-0.05, 0) is 35.8 Å². The Balaban J connectivity index is 1.32. The molecule has 4 aromatic rings. The number of nitrogens with zero attached hydrogens (tertiary/aromatic N) is 3. The van der Waals surface area contributed by atoms with Gasteiger partial charge in [0.1, 0.15) is 0 Å². The molecule has 0 radical (unpaired) electrons. The van der Waals surface area contributed by atoms with Crippen LogP contribution in [0, 0.1) is 5.92 Å². The summed E-state index contributed by atoms with van der Waals surface area (Å²) in [5.41, 5.74) is 2.24. The van der Waals surface area contributed by atoms with E-state index in [9.17, 15) is 9.59 Å². The van der Waals surface area contributed by atoms with Gasteiger partial charge in [-0.2, -0.15) is 0 Å². The summed E-state index contributed by atoms with van der Waals surface area (Å²) in [6.07, 6.45) is 11.7. The summed E-state index contributed by atoms with van der Waals surface area (Å²) in [5.74, 6) is -0.513. The van der Waals surface area contributed by atoms with Crippen molar-refractivity contribution in [2.75, 3.05) is 10.6 Å². The third kappa shape index (κ3) is 4.92. The van der Waals surface area contributed by atoms with Gasteiger partial charge in [-0.1, -0.05) is 43.3 Å². The molecule has 10 heteroatoms. The van der Waals surface area contributed by atoms with Crippen molar-refractivity contribution >= 4 is 35.9 Å². The Hall–Kier alpha value is -4.99. The van der Waals surface area contributed by atoms with Crippen LogP contribution in [0.5, 0.6) is 5.75 Å². The number of pyridine rings is 1. The first kappa shape index (κ1) is 22.8. The minimum Gasteiger partial charge on any atom is -0.462 e. The SMILES string of the molecule is CC1C=Cc2nc(NC(=O)c3ncccc3O/C=C/c3ccccc3)[nH]c2C1C(=O)Nc1ncc[nH]1. The topological polar surface area (TPSA) is 138 Å². The van der Waals surface area contributed by atoms with Gasteiger partial charge in [0, 0.05) is 18.6 Å². The predicted octanol–water partition coefficient (Wildman–Crippen LogP) is 4.22. The van der Waals surface area contributed by atoms with Crippen molar-refractivity contribution in [1.82, 2.24) is 24.9 Å². The van der Waals surface area contributed by atoms with Crippen molar-refractivity contribution in [2.24, 2.45) is 5.92 Å². The Morgan fingerprint density at radius 2 is 1.89 bits per heavy atom. The van der Waals surface area contributed by atoms with Gasteiger partial charge in [0.25, 0.3) is 5.91 Å². The zero-order valence-corrected chi connectivity index (χ0v) is 19.3. The van der Waals surface area contributed by atoms with E-state index in [4.69, 9.17) is 4.74 Å². The summed E-state index contributed by atoms with van der Waals surface area (Å²) in [5, 5.41) is 5.50. The molecule has 2 unspecified atom stereocenters. The summed E-state index contributed by atoms with van der Waals surface area (Å²) in [7, 11) is 0. The number of aromatic nitrogens is 5. The zero-order valence-electron chi connectivity index (χ0n) is 19.3. The van der Waals surface area contributed by atoms with E-state index < -0.39 is 11.8 Å². The van der Waals surface area contributed by atoms with Crippen LogP contribution >= 0.6 is 0 Å². The van der Waals surface area contributed by atoms with Gasteiger partial charge in [-0.25, -0.2) is 15.0 Å². The predicted molar refractivity (Wildman–Crippen MR) is 135 cm³/mol. The van der Waals surface area contributed by atoms with Crippen LogP contribution in [-0.4, -0.2) is 36.7 Å². The van der Waals surface area contributed by atoms with Crippen LogP contribution in [0.25, 0.3) is 12.2 Å². The number of carbonyl (C=O) groups excluding carboxylic acids is 2. The van der Waals surface area contributed by atoms with Crippen molar-refractivity contribution in [1.29, 1.82) is 0 Å². The number of amides is 2. The van der Waals surface area contributed by atoms with Crippen LogP contribution in [0.3, 0.4) is 0 Å². The first-order chi connectivity index (χ1) is 17.6. The molecular formula is C26H23N7O3. The summed E-state index contributed by atoms with van der Waals surface area (Å²) >= 11 is 0. The summed E-state index contributed by atoms with van der Waals surface area (Å²) in [4.78, 5) is 44.6. The van der Waals surface area contributed by atoms with E-state index in [1.165, 1.54) is 12.5 Å². The summed E-state index contributed by atoms with van der Waals surface area (Å²) in [6.45, 7) is 1.94. The smallest absolute Gasteiger partial charge is 0.280 e. The molecule has 5 rings (SSSR count). The number of hydrogen-bond acceptors (Lipinski definition) is 6. The molecule has 0 spiro atoms. The van der Waals surface area contributed by atoms with E-state index in [-0.39, 0.29) is 23.5 Å². The molecular weight excluding hydrogens is 458 g/mol. The molecule has 2 atom stereocenters. The molecule has 4 N–H and O–H groups in total. The first-order valence-corrected chi connectivity index (χ1v) is 11.3. The van der Waals surface area contributed by atoms with Crippen LogP contribution in [0.1, 0.15) is 40.3 Å². The molecule has 180 valence electrons. The van der Waals surface area contributed by atoms with Gasteiger partial charge < -0.3 is 14.7 Å². The number of H-pyrrole nitrogens is 2. The van der Waals surface area contributed by atoms with Gasteiger partial charge >= 0.3 is 0 Å². The van der Waals surface area contributed by atoms with E-state index in [0.29, 0.717) is 23.1 Å². The molecule has 1 aromatic carbocycles. The first-order valence-electron chi connectivity index (χ1n) is 11.3. The largest absolute Gasteiger partial charge is 0.462 e. The molecule has 36 heavy (non-hydrogen) atoms. The quantitative estimate of drug-likeness (QED) is 0.292. The summed E-state index contributed by atoms with van der Waals surface area (Å²) in [6, 6.07) is 13.0. The van der Waals surface area contributed by atoms with Crippen LogP contribution in [0.15, 0.2) is 73.4 Å². The maximum absolute atomic E-state index is 13.0. The number of hydrogen-bond donors (Lipinski definition) is 4. The van der Waals surface area contributed by atoms with E-state index in [2.05, 4.69) is 35.6 Å². The van der Waals surface area contributed by atoms with E-state index >= 15 is 0 Å². The normalized spacial score (nSPS) is 16.5. The van der Waals surface area contributed by atoms with Crippen molar-refractivity contribution in [2.45, 2.75) is 12.8 Å². The number of nitrogens with one attached hydrogen (secondary N) is 4. The fourth-order valence-corrected chi connectivity index (χ4v) is 3.91. The monoisotopic (exact) mass is 481 g/mol. The third-order valence-electron chi connectivity index (χ3n) is 5.65. The van der Waals surface area contributed by atoms with E-state index in [0.717, 1.165) is 5.56 Å². The highest BCUT2D eigenvalue weighted by Crippen LogP contribution is 2.34. The van der Waals surface area contributed by atoms with Crippen LogP contribution in [0.4, 0.5) is 11.9 Å². The Morgan fingerprint density at radius 3 is 2.69 bits per heavy atom. The Labute approximate surface area is 206 Å². The Bertz CT molecular complexity index is 1430. The lowest BCUT2D eigenvalue weighted by Gasteiger charge is -2.22. The second-order valence-corrected chi connectivity index (χ2v) is 8.14. The van der Waals surface area contributed by atoms with Crippen molar-refractivity contribution in [3.63, 3.8) is 0 Å². The lowest BCUT2D eigenvalue weighted by molar-refractivity contribution is -0.118. The second kappa shape index (κ2) is 10.1. The molecule has 3 heterocycles. The third-order valence-corrected chi connectivity index (χ3v) is 5.65. The molecule has 0 saturated heterocycles. The fourth-order valence-electron chi connectivity index (χ4n) is 3.91. The van der Waals surface area contributed by atoms with Crippen LogP contribution in [-0.2, 0) is 4.79 Å². The van der Waals surface area contributed by atoms with Crippen LogP contribution in [0.2, 0.25) is 0 Å². The molecule has 10 nitrogen and oxygen atoms in total. The second-order valence-electron chi connectivity index (χ2n) is 8.14. The number of allylic oxidation sites excluding steroid dienone is 1. The number of fused-ring (bicyclic) bond motifs is 1. The molecule has 0 fully saturated rings. The highest BCUT2D eigenvalue weighted by molar-refractivity contribution is 6.04. The minimum absolute atomic E-state index is 0.0938. The van der Waals surface area contributed by atoms with Gasteiger partial charge in [0.2, 0.25) is 17.8 Å². The number of anilines is 2. The van der Waals surface area contributed by atoms with Crippen molar-refractivity contribution in [3.05, 3.63) is 96.0 Å². The maximum Gasteiger partial charge on any atom is 0.280 e. The number of rotatable bonds is 7. The van der Waals surface area contributed by atoms with E-state index in [1.807, 2.05) is 49.4 Å². The standard InChI is InChI=1S/C26H23N7O3/c1-16-9-10-18-21(20(16)23(34)32-25-28-13-14-29-25)31-26(30-18)33-24(35)22-19(8-5-12-27-22)36-15-11-17-6-3-2-4-7-17/h2-16,20H,1H3,(H2,28,29,32,34)(H2,30,31,33,35)/b15-11+. The number of ether oxygens (including phenoxy) is 1. The number of carbonyl (C=O) groups is 2. The molecule has 3 aromatic heterocycles. The average molecular weight is 482 g/mol. The van der Waals surface area contributed by atoms with Gasteiger partial charge in [-0.3, -0.25) is 20.2 Å². The molecule has 1 aliphatic rings. The van der Waals surface area contributed by atoms with Crippen molar-refractivity contribution < 1.29 is 14.3 Å². The summed E-state index contributed by atoms with van der Waals surface area (Å²) < 4.78 is 5.69. The van der Waals surface area contributed by atoms with Gasteiger partial charge in [-0.15, -0.1) is 0 Å². The Morgan fingerprint density at radius 1 is 1.03 bits per heavy atom. The zero-order chi connectivity index (χ0) is 24.9. The Kier molecular flexibility index (Phi) is 6.39. The highest BCUT2D eigenvalue weighted by Gasteiger charge is 2.33. The van der Waals surface area contributed by atoms with Gasteiger partial charge in [0.05, 0.1) is 23.6 Å². The van der Waals surface area contributed by atoms with Gasteiger partial charge in [0.15, 0.2) is 11.4 Å². The lowest BCUT2D eigenvalue weighted by atomic mass is 9.85. The molecule has 0 saturated carbocycles. The van der Waals surface area contributed by atoms with E-state index in [1.54, 1.807) is 30.6 Å². The number of imidazole rings is 2.